The number of hydrogen-bond acceptors (Lipinski definition) is 17. The number of rotatable bonds is 68. The van der Waals surface area contributed by atoms with E-state index in [0.717, 1.165) is 77.3 Å². The van der Waals surface area contributed by atoms with Crippen LogP contribution >= 0.6 is 0 Å². The molecule has 8 atom stereocenters. The zero-order valence-corrected chi connectivity index (χ0v) is 60.5. The Morgan fingerprint density at radius 2 is 0.860 bits per heavy atom. The zero-order chi connectivity index (χ0) is 68.3. The Morgan fingerprint density at radius 1 is 0.484 bits per heavy atom. The molecule has 6 unspecified atom stereocenters. The third-order valence-corrected chi connectivity index (χ3v) is 19.2. The van der Waals surface area contributed by atoms with Crippen LogP contribution in [0.3, 0.4) is 0 Å². The van der Waals surface area contributed by atoms with Crippen LogP contribution in [0.5, 0.6) is 0 Å². The molecule has 0 aromatic rings. The van der Waals surface area contributed by atoms with E-state index in [4.69, 9.17) is 33.4 Å². The van der Waals surface area contributed by atoms with Crippen LogP contribution in [-0.2, 0) is 19.1 Å². The molecule has 19 heteroatoms. The number of esters is 1. The zero-order valence-electron chi connectivity index (χ0n) is 60.5. The van der Waals surface area contributed by atoms with Crippen molar-refractivity contribution in [1.82, 2.24) is 31.1 Å². The molecule has 548 valence electrons. The third-order valence-electron chi connectivity index (χ3n) is 19.2. The van der Waals surface area contributed by atoms with Crippen molar-refractivity contribution in [1.29, 1.82) is 0 Å². The molecule has 0 saturated carbocycles. The molecular weight excluding hydrogens is 1170 g/mol. The number of nitrogens with zero attached hydrogens (tertiary/aromatic N) is 3. The van der Waals surface area contributed by atoms with Gasteiger partial charge in [-0.3, -0.25) is 25.2 Å². The molecule has 1 rings (SSSR count). The molecule has 17 N–H and O–H groups in total. The number of hydrogen-bond donors (Lipinski definition) is 12. The van der Waals surface area contributed by atoms with Gasteiger partial charge >= 0.3 is 11.9 Å². The molecule has 1 saturated heterocycles. The van der Waals surface area contributed by atoms with Crippen molar-refractivity contribution in [2.75, 3.05) is 98.2 Å². The summed E-state index contributed by atoms with van der Waals surface area (Å²) in [6.45, 7) is 16.0. The number of piperazine rings is 1. The molecule has 0 aromatic heterocycles. The summed E-state index contributed by atoms with van der Waals surface area (Å²) in [5.41, 5.74) is 29.3. The average molecular weight is 1320 g/mol. The Labute approximate surface area is 569 Å². The molecule has 93 heavy (non-hydrogen) atoms. The van der Waals surface area contributed by atoms with E-state index < -0.39 is 54.5 Å². The average Bonchev–Trinajstić information content (AvgIpc) is 0.819. The van der Waals surface area contributed by atoms with Gasteiger partial charge in [0, 0.05) is 65.2 Å². The van der Waals surface area contributed by atoms with Gasteiger partial charge in [-0.05, 0) is 111 Å². The van der Waals surface area contributed by atoms with Crippen molar-refractivity contribution in [2.45, 2.75) is 333 Å². The summed E-state index contributed by atoms with van der Waals surface area (Å²) in [6.07, 6.45) is 47.4. The van der Waals surface area contributed by atoms with E-state index in [1.807, 2.05) is 31.2 Å². The van der Waals surface area contributed by atoms with Gasteiger partial charge in [0.1, 0.15) is 12.1 Å². The highest BCUT2D eigenvalue weighted by atomic mass is 16.5. The molecule has 1 aliphatic heterocycles. The van der Waals surface area contributed by atoms with Crippen LogP contribution < -0.4 is 49.9 Å². The van der Waals surface area contributed by atoms with Crippen LogP contribution in [-0.4, -0.2) is 194 Å². The number of quaternary nitrogens is 1. The van der Waals surface area contributed by atoms with Crippen molar-refractivity contribution in [2.24, 2.45) is 28.7 Å². The molecule has 2 amide bonds. The molecule has 1 heterocycles. The molecule has 1 aliphatic rings. The molecule has 1 fully saturated rings. The molecule has 0 aliphatic carbocycles. The molecule has 0 aromatic carbocycles. The lowest BCUT2D eigenvalue weighted by Gasteiger charge is -2.45. The Kier molecular flexibility index (Phi) is 58.9. The molecule has 0 spiro atoms. The number of nitrogens with two attached hydrogens (primary N) is 5. The van der Waals surface area contributed by atoms with Gasteiger partial charge in [0.25, 0.3) is 0 Å². The monoisotopic (exact) mass is 1320 g/mol. The number of aliphatic hydroxyl groups excluding tert-OH is 3. The second-order valence-corrected chi connectivity index (χ2v) is 27.5. The SMILES string of the molecule is CCCCCCCCCCCCCCCCCC[N+](CCCCCCCCCCCCCCCCCC)(C(=O)[C@H](CCCNCCCN)NCCCN)[C@@H](CCC(N)=O)C(=O)OC(C)C(NCC=CCC(O)CN)N1CCN(C(NCC=CCC(O)CN)C(C)O)CC1. The van der Waals surface area contributed by atoms with Gasteiger partial charge in [0.15, 0.2) is 6.04 Å². The minimum Gasteiger partial charge on any atom is -0.455 e. The number of nitrogens with one attached hydrogen (secondary N) is 4. The van der Waals surface area contributed by atoms with Gasteiger partial charge in [-0.25, -0.2) is 14.1 Å². The van der Waals surface area contributed by atoms with Crippen LogP contribution in [0, 0.1) is 0 Å². The predicted molar refractivity (Wildman–Crippen MR) is 389 cm³/mol. The Hall–Kier alpha value is -2.47. The first-order valence-electron chi connectivity index (χ1n) is 38.7. The van der Waals surface area contributed by atoms with E-state index in [2.05, 4.69) is 44.9 Å². The first-order valence-corrected chi connectivity index (χ1v) is 38.7. The van der Waals surface area contributed by atoms with Crippen LogP contribution in [0.2, 0.25) is 0 Å². The minimum absolute atomic E-state index is 0.0181. The Bertz CT molecular complexity index is 1740. The summed E-state index contributed by atoms with van der Waals surface area (Å²) in [6, 6.07) is -1.55. The summed E-state index contributed by atoms with van der Waals surface area (Å²) in [7, 11) is 0. The highest BCUT2D eigenvalue weighted by Crippen LogP contribution is 2.29. The number of carbonyl (C=O) groups is 3. The lowest BCUT2D eigenvalue weighted by Crippen LogP contribution is -2.68. The van der Waals surface area contributed by atoms with Gasteiger partial charge < -0.3 is 59.4 Å². The van der Waals surface area contributed by atoms with Crippen molar-refractivity contribution in [3.8, 4) is 0 Å². The summed E-state index contributed by atoms with van der Waals surface area (Å²) >= 11 is 0. The van der Waals surface area contributed by atoms with Gasteiger partial charge in [0.2, 0.25) is 5.91 Å². The molecule has 0 bridgehead atoms. The summed E-state index contributed by atoms with van der Waals surface area (Å²) in [5, 5.41) is 45.5. The smallest absolute Gasteiger partial charge is 0.365 e. The number of ether oxygens (including phenoxy) is 1. The van der Waals surface area contributed by atoms with Crippen molar-refractivity contribution in [3.05, 3.63) is 24.3 Å². The van der Waals surface area contributed by atoms with Crippen molar-refractivity contribution in [3.63, 3.8) is 0 Å². The summed E-state index contributed by atoms with van der Waals surface area (Å²) in [4.78, 5) is 49.7. The van der Waals surface area contributed by atoms with E-state index in [-0.39, 0.29) is 42.5 Å². The Morgan fingerprint density at radius 3 is 1.25 bits per heavy atom. The van der Waals surface area contributed by atoms with E-state index in [9.17, 15) is 20.1 Å². The number of primary amides is 1. The maximum atomic E-state index is 16.3. The quantitative estimate of drug-likeness (QED) is 0.0117. The van der Waals surface area contributed by atoms with E-state index in [0.29, 0.717) is 97.7 Å². The fourth-order valence-electron chi connectivity index (χ4n) is 13.4. The lowest BCUT2D eigenvalue weighted by atomic mass is 9.97. The number of carbonyl (C=O) groups excluding carboxylic acids is 3. The summed E-state index contributed by atoms with van der Waals surface area (Å²) in [5.74, 6) is -1.03. The molecular formula is C74H151N12O7+. The first kappa shape index (κ1) is 88.5. The number of amides is 2. The van der Waals surface area contributed by atoms with E-state index >= 15 is 9.59 Å². The van der Waals surface area contributed by atoms with Gasteiger partial charge in [0.05, 0.1) is 43.7 Å². The topological polar surface area (TPSA) is 306 Å². The maximum absolute atomic E-state index is 16.3. The van der Waals surface area contributed by atoms with Gasteiger partial charge in [-0.2, -0.15) is 0 Å². The maximum Gasteiger partial charge on any atom is 0.365 e. The van der Waals surface area contributed by atoms with Crippen LogP contribution in [0.15, 0.2) is 24.3 Å². The molecule has 0 radical (unpaired) electrons. The second-order valence-electron chi connectivity index (χ2n) is 27.5. The van der Waals surface area contributed by atoms with E-state index in [1.54, 1.807) is 6.92 Å². The van der Waals surface area contributed by atoms with Gasteiger partial charge in [-0.1, -0.05) is 218 Å². The fourth-order valence-corrected chi connectivity index (χ4v) is 13.4. The number of aliphatic hydroxyl groups is 3. The lowest BCUT2D eigenvalue weighted by molar-refractivity contribution is -0.873. The highest BCUT2D eigenvalue weighted by molar-refractivity contribution is 5.82. The van der Waals surface area contributed by atoms with E-state index in [1.165, 1.54) is 154 Å². The summed E-state index contributed by atoms with van der Waals surface area (Å²) < 4.78 is 6.72. The van der Waals surface area contributed by atoms with Crippen molar-refractivity contribution < 1.29 is 38.9 Å². The third kappa shape index (κ3) is 45.0. The predicted octanol–water partition coefficient (Wildman–Crippen LogP) is 9.81. The minimum atomic E-state index is -0.984. The standard InChI is InChI=1S/C74H150N12O7/c1-5-7-9-11-13-15-17-19-21-23-25-27-29-31-33-39-60-86(73(91)68(81-55-43-50-76)46-41-51-80-52-42-49-75,61-40-34-32-30-28-26-24-22-20-18-16-14-12-10-8-6-2)69(47-48-70(79)90)74(92)93-65(4)72(83-54-38-36-45-67(89)63-78)85-58-56-84(57-59-85)71(64(3)87)82-53-37-35-44-66(88)62-77/h35-38,64-69,71-72,80-83,87-89H,5-34,39-63,75-78H2,1-4H3,(H-,79,90)/p+1/t64?,65?,66?,67?,68-,69-,71?,72?/m0/s1. The first-order chi connectivity index (χ1) is 45.3. The van der Waals surface area contributed by atoms with Crippen LogP contribution in [0.1, 0.15) is 285 Å². The van der Waals surface area contributed by atoms with Gasteiger partial charge in [-0.15, -0.1) is 0 Å². The highest BCUT2D eigenvalue weighted by Gasteiger charge is 2.51. The van der Waals surface area contributed by atoms with Crippen molar-refractivity contribution >= 4 is 17.8 Å². The van der Waals surface area contributed by atoms with Crippen LogP contribution in [0.25, 0.3) is 0 Å². The fraction of sp³-hybridized carbons (Fsp3) is 0.905. The van der Waals surface area contributed by atoms with Crippen LogP contribution in [0.4, 0.5) is 0 Å². The largest absolute Gasteiger partial charge is 0.455 e. The second kappa shape index (κ2) is 61.8. The number of unbranched alkanes of at least 4 members (excludes halogenated alkanes) is 30. The normalized spacial score (nSPS) is 16.2. The Balaban J connectivity index is 3.73. The molecule has 19 nitrogen and oxygen atoms in total.